The summed E-state index contributed by atoms with van der Waals surface area (Å²) in [6.45, 7) is 8.67. The SMILES string of the molecule is Cc1nc(N2CCOCC2)ccc1Nc1nc(C(C)(C)CO)c2c(C#N)c[nH]c2n1. The first-order valence-electron chi connectivity index (χ1n) is 9.91. The van der Waals surface area contributed by atoms with E-state index in [9.17, 15) is 10.4 Å². The molecule has 0 saturated carbocycles. The van der Waals surface area contributed by atoms with Crippen molar-refractivity contribution >= 4 is 28.5 Å². The standard InChI is InChI=1S/C21H25N7O2/c1-13-15(4-5-16(24-13)28-6-8-30-9-7-28)25-20-26-18(21(2,3)12-29)17-14(10-22)11-23-19(17)27-20/h4-5,11,29H,6-9,12H2,1-3H3,(H2,23,25,26,27). The van der Waals surface area contributed by atoms with Crippen LogP contribution in [0.4, 0.5) is 17.5 Å². The Hall–Kier alpha value is -3.22. The van der Waals surface area contributed by atoms with E-state index in [2.05, 4.69) is 31.2 Å². The number of nitrogens with one attached hydrogen (secondary N) is 2. The molecule has 4 heterocycles. The van der Waals surface area contributed by atoms with Gasteiger partial charge in [-0.05, 0) is 19.1 Å². The van der Waals surface area contributed by atoms with Gasteiger partial charge in [0, 0.05) is 24.7 Å². The number of aliphatic hydroxyl groups is 1. The Morgan fingerprint density at radius 1 is 1.27 bits per heavy atom. The highest BCUT2D eigenvalue weighted by Gasteiger charge is 2.27. The quantitative estimate of drug-likeness (QED) is 0.589. The fourth-order valence-electron chi connectivity index (χ4n) is 3.51. The van der Waals surface area contributed by atoms with Crippen molar-refractivity contribution in [2.24, 2.45) is 0 Å². The molecule has 156 valence electrons. The highest BCUT2D eigenvalue weighted by Crippen LogP contribution is 2.32. The average Bonchev–Trinajstić information content (AvgIpc) is 3.18. The summed E-state index contributed by atoms with van der Waals surface area (Å²) in [5.74, 6) is 1.30. The minimum atomic E-state index is -0.640. The van der Waals surface area contributed by atoms with Crippen LogP contribution in [-0.2, 0) is 10.2 Å². The van der Waals surface area contributed by atoms with Crippen LogP contribution in [0.25, 0.3) is 11.0 Å². The summed E-state index contributed by atoms with van der Waals surface area (Å²) in [5.41, 5.74) is 2.61. The Balaban J connectivity index is 1.70. The number of fused-ring (bicyclic) bond motifs is 1. The van der Waals surface area contributed by atoms with Gasteiger partial charge < -0.3 is 25.0 Å². The molecule has 1 aliphatic heterocycles. The molecule has 3 aromatic heterocycles. The fraction of sp³-hybridized carbons (Fsp3) is 0.429. The number of anilines is 3. The summed E-state index contributed by atoms with van der Waals surface area (Å²) in [7, 11) is 0. The zero-order valence-corrected chi connectivity index (χ0v) is 17.4. The molecule has 0 radical (unpaired) electrons. The minimum absolute atomic E-state index is 0.108. The van der Waals surface area contributed by atoms with Crippen molar-refractivity contribution in [2.45, 2.75) is 26.2 Å². The first-order valence-corrected chi connectivity index (χ1v) is 9.91. The van der Waals surface area contributed by atoms with E-state index < -0.39 is 5.41 Å². The van der Waals surface area contributed by atoms with E-state index in [0.29, 0.717) is 41.5 Å². The highest BCUT2D eigenvalue weighted by molar-refractivity contribution is 5.87. The molecule has 9 nitrogen and oxygen atoms in total. The second-order valence-electron chi connectivity index (χ2n) is 8.00. The predicted octanol–water partition coefficient (Wildman–Crippen LogP) is 2.38. The van der Waals surface area contributed by atoms with Gasteiger partial charge in [-0.1, -0.05) is 13.8 Å². The number of nitriles is 1. The van der Waals surface area contributed by atoms with Crippen LogP contribution >= 0.6 is 0 Å². The molecule has 0 aromatic carbocycles. The Labute approximate surface area is 174 Å². The van der Waals surface area contributed by atoms with E-state index in [-0.39, 0.29) is 6.61 Å². The zero-order valence-electron chi connectivity index (χ0n) is 17.4. The molecular weight excluding hydrogens is 382 g/mol. The third-order valence-corrected chi connectivity index (χ3v) is 5.34. The largest absolute Gasteiger partial charge is 0.395 e. The topological polar surface area (TPSA) is 123 Å². The highest BCUT2D eigenvalue weighted by atomic mass is 16.5. The van der Waals surface area contributed by atoms with Gasteiger partial charge in [-0.3, -0.25) is 0 Å². The fourth-order valence-corrected chi connectivity index (χ4v) is 3.51. The number of hydrogen-bond acceptors (Lipinski definition) is 8. The van der Waals surface area contributed by atoms with E-state index in [1.807, 2.05) is 32.9 Å². The first-order chi connectivity index (χ1) is 14.4. The molecule has 4 rings (SSSR count). The van der Waals surface area contributed by atoms with Gasteiger partial charge in [0.05, 0.1) is 47.8 Å². The van der Waals surface area contributed by atoms with Gasteiger partial charge in [0.2, 0.25) is 5.95 Å². The lowest BCUT2D eigenvalue weighted by atomic mass is 9.87. The predicted molar refractivity (Wildman–Crippen MR) is 114 cm³/mol. The molecule has 0 atom stereocenters. The molecule has 3 N–H and O–H groups in total. The Morgan fingerprint density at radius 2 is 2.03 bits per heavy atom. The minimum Gasteiger partial charge on any atom is -0.395 e. The van der Waals surface area contributed by atoms with Gasteiger partial charge in [-0.15, -0.1) is 0 Å². The van der Waals surface area contributed by atoms with E-state index in [0.717, 1.165) is 30.3 Å². The van der Waals surface area contributed by atoms with Gasteiger partial charge in [-0.25, -0.2) is 9.97 Å². The van der Waals surface area contributed by atoms with Crippen molar-refractivity contribution < 1.29 is 9.84 Å². The van der Waals surface area contributed by atoms with Crippen molar-refractivity contribution in [3.63, 3.8) is 0 Å². The second kappa shape index (κ2) is 7.89. The molecule has 0 amide bonds. The van der Waals surface area contributed by atoms with Crippen LogP contribution in [0.1, 0.15) is 30.8 Å². The van der Waals surface area contributed by atoms with Crippen molar-refractivity contribution in [2.75, 3.05) is 43.1 Å². The molecule has 1 saturated heterocycles. The maximum Gasteiger partial charge on any atom is 0.229 e. The molecule has 0 spiro atoms. The van der Waals surface area contributed by atoms with E-state index in [1.165, 1.54) is 0 Å². The molecule has 1 fully saturated rings. The number of hydrogen-bond donors (Lipinski definition) is 3. The van der Waals surface area contributed by atoms with Crippen LogP contribution in [0.15, 0.2) is 18.3 Å². The van der Waals surface area contributed by atoms with Gasteiger partial charge in [0.25, 0.3) is 0 Å². The van der Waals surface area contributed by atoms with Crippen molar-refractivity contribution in [3.05, 3.63) is 35.3 Å². The number of pyridine rings is 1. The van der Waals surface area contributed by atoms with Crippen LogP contribution in [-0.4, -0.2) is 58.0 Å². The number of aromatic amines is 1. The maximum absolute atomic E-state index is 9.89. The number of morpholine rings is 1. The Bertz CT molecular complexity index is 1110. The average molecular weight is 407 g/mol. The van der Waals surface area contributed by atoms with Gasteiger partial charge in [0.15, 0.2) is 0 Å². The number of aliphatic hydroxyl groups excluding tert-OH is 1. The lowest BCUT2D eigenvalue weighted by Gasteiger charge is -2.28. The summed E-state index contributed by atoms with van der Waals surface area (Å²) in [5, 5.41) is 23.2. The smallest absolute Gasteiger partial charge is 0.229 e. The summed E-state index contributed by atoms with van der Waals surface area (Å²) >= 11 is 0. The lowest BCUT2D eigenvalue weighted by Crippen LogP contribution is -2.36. The molecule has 0 bridgehead atoms. The van der Waals surface area contributed by atoms with Crippen LogP contribution < -0.4 is 10.2 Å². The first kappa shape index (κ1) is 20.1. The number of rotatable bonds is 5. The van der Waals surface area contributed by atoms with Crippen molar-refractivity contribution in [1.29, 1.82) is 5.26 Å². The van der Waals surface area contributed by atoms with Gasteiger partial charge in [-0.2, -0.15) is 10.2 Å². The number of ether oxygens (including phenoxy) is 1. The number of H-pyrrole nitrogens is 1. The zero-order chi connectivity index (χ0) is 21.3. The van der Waals surface area contributed by atoms with E-state index in [1.54, 1.807) is 6.20 Å². The third kappa shape index (κ3) is 3.67. The van der Waals surface area contributed by atoms with Crippen LogP contribution in [0, 0.1) is 18.3 Å². The number of aromatic nitrogens is 4. The second-order valence-corrected chi connectivity index (χ2v) is 8.00. The van der Waals surface area contributed by atoms with Crippen molar-refractivity contribution in [1.82, 2.24) is 19.9 Å². The van der Waals surface area contributed by atoms with Crippen molar-refractivity contribution in [3.8, 4) is 6.07 Å². The molecular formula is C21H25N7O2. The number of nitrogens with zero attached hydrogens (tertiary/aromatic N) is 5. The molecule has 0 unspecified atom stereocenters. The van der Waals surface area contributed by atoms with Crippen LogP contribution in [0.2, 0.25) is 0 Å². The molecule has 9 heteroatoms. The lowest BCUT2D eigenvalue weighted by molar-refractivity contribution is 0.122. The van der Waals surface area contributed by atoms with Crippen LogP contribution in [0.3, 0.4) is 0 Å². The molecule has 30 heavy (non-hydrogen) atoms. The van der Waals surface area contributed by atoms with Crippen LogP contribution in [0.5, 0.6) is 0 Å². The molecule has 1 aliphatic rings. The van der Waals surface area contributed by atoms with E-state index in [4.69, 9.17) is 9.72 Å². The number of aryl methyl sites for hydroxylation is 1. The summed E-state index contributed by atoms with van der Waals surface area (Å²) in [6.07, 6.45) is 1.62. The van der Waals surface area contributed by atoms with E-state index >= 15 is 0 Å². The monoisotopic (exact) mass is 407 g/mol. The van der Waals surface area contributed by atoms with Gasteiger partial charge in [0.1, 0.15) is 17.5 Å². The maximum atomic E-state index is 9.89. The molecule has 3 aromatic rings. The normalized spacial score (nSPS) is 14.7. The third-order valence-electron chi connectivity index (χ3n) is 5.34. The summed E-state index contributed by atoms with van der Waals surface area (Å²) in [4.78, 5) is 19.2. The van der Waals surface area contributed by atoms with Gasteiger partial charge >= 0.3 is 0 Å². The summed E-state index contributed by atoms with van der Waals surface area (Å²) in [6, 6.07) is 6.10. The summed E-state index contributed by atoms with van der Waals surface area (Å²) < 4.78 is 5.41. The Morgan fingerprint density at radius 3 is 2.70 bits per heavy atom. The Kier molecular flexibility index (Phi) is 5.28. The molecule has 0 aliphatic carbocycles.